The molecule has 0 heterocycles. The monoisotopic (exact) mass is 456 g/mol. The summed E-state index contributed by atoms with van der Waals surface area (Å²) in [6.07, 6.45) is -8.79. The van der Waals surface area contributed by atoms with Gasteiger partial charge in [0.25, 0.3) is 0 Å². The number of alkyl halides is 6. The van der Waals surface area contributed by atoms with Crippen LogP contribution in [-0.4, -0.2) is 28.2 Å². The zero-order chi connectivity index (χ0) is 24.1. The average molecular weight is 456 g/mol. The summed E-state index contributed by atoms with van der Waals surface area (Å²) in [5.41, 5.74) is -0.647. The number of halogens is 6. The Kier molecular flexibility index (Phi) is 7.71. The van der Waals surface area contributed by atoms with Crippen LogP contribution < -0.4 is 5.46 Å². The summed E-state index contributed by atoms with van der Waals surface area (Å²) in [4.78, 5) is 11.0. The molecule has 0 amide bonds. The topological polar surface area (TPSA) is 77.8 Å². The Morgan fingerprint density at radius 1 is 0.688 bits per heavy atom. The van der Waals surface area contributed by atoms with E-state index in [0.717, 1.165) is 36.4 Å². The lowest BCUT2D eigenvalue weighted by atomic mass is 9.80. The number of carbonyl (C=O) groups is 1. The molecule has 3 N–H and O–H groups in total. The Morgan fingerprint density at radius 2 is 1.12 bits per heavy atom. The number of hydrogen-bond donors (Lipinski definition) is 3. The Labute approximate surface area is 178 Å². The molecular formula is C21H15BF6O4. The molecule has 3 rings (SSSR count). The number of benzene rings is 3. The van der Waals surface area contributed by atoms with Gasteiger partial charge < -0.3 is 15.2 Å². The van der Waals surface area contributed by atoms with Crippen molar-refractivity contribution in [2.45, 2.75) is 12.4 Å². The van der Waals surface area contributed by atoms with Crippen LogP contribution in [0.4, 0.5) is 26.3 Å². The molecule has 0 fully saturated rings. The van der Waals surface area contributed by atoms with E-state index in [9.17, 15) is 31.1 Å². The molecule has 0 bridgehead atoms. The molecule has 0 aliphatic carbocycles. The SMILES string of the molecule is O=C(O)c1ccccc1-c1ccc(C(F)(F)F)cc1.OB(O)c1ccc(C(F)(F)F)cc1. The molecule has 0 aromatic heterocycles. The van der Waals surface area contributed by atoms with Crippen LogP contribution in [0.25, 0.3) is 11.1 Å². The molecule has 3 aromatic carbocycles. The van der Waals surface area contributed by atoms with Crippen molar-refractivity contribution in [1.82, 2.24) is 0 Å². The van der Waals surface area contributed by atoms with Crippen molar-refractivity contribution < 1.29 is 46.3 Å². The normalized spacial score (nSPS) is 11.4. The summed E-state index contributed by atoms with van der Waals surface area (Å²) in [6.45, 7) is 0. The third-order valence-electron chi connectivity index (χ3n) is 4.22. The van der Waals surface area contributed by atoms with Crippen molar-refractivity contribution in [3.63, 3.8) is 0 Å². The lowest BCUT2D eigenvalue weighted by Crippen LogP contribution is -2.29. The summed E-state index contributed by atoms with van der Waals surface area (Å²) in [5, 5.41) is 26.2. The van der Waals surface area contributed by atoms with Crippen LogP contribution in [0.2, 0.25) is 0 Å². The molecule has 0 unspecified atom stereocenters. The highest BCUT2D eigenvalue weighted by atomic mass is 19.4. The molecule has 32 heavy (non-hydrogen) atoms. The summed E-state index contributed by atoms with van der Waals surface area (Å²) >= 11 is 0. The predicted octanol–water partition coefficient (Wildman–Crippen LogP) is 4.46. The van der Waals surface area contributed by atoms with E-state index in [1.54, 1.807) is 18.2 Å². The minimum Gasteiger partial charge on any atom is -0.478 e. The van der Waals surface area contributed by atoms with E-state index < -0.39 is 36.6 Å². The van der Waals surface area contributed by atoms with Gasteiger partial charge >= 0.3 is 25.4 Å². The minimum atomic E-state index is -4.40. The second-order valence-corrected chi connectivity index (χ2v) is 6.42. The van der Waals surface area contributed by atoms with Crippen LogP contribution in [0.3, 0.4) is 0 Å². The molecule has 0 atom stereocenters. The van der Waals surface area contributed by atoms with E-state index in [1.165, 1.54) is 18.2 Å². The lowest BCUT2D eigenvalue weighted by molar-refractivity contribution is -0.138. The first-order valence-electron chi connectivity index (χ1n) is 8.84. The maximum atomic E-state index is 12.4. The maximum absolute atomic E-state index is 12.4. The van der Waals surface area contributed by atoms with Crippen molar-refractivity contribution in [3.8, 4) is 11.1 Å². The van der Waals surface area contributed by atoms with Crippen LogP contribution in [0.1, 0.15) is 21.5 Å². The Hall–Kier alpha value is -3.31. The first-order chi connectivity index (χ1) is 14.8. The number of carboxylic acid groups (broad SMARTS) is 1. The van der Waals surface area contributed by atoms with E-state index >= 15 is 0 Å². The summed E-state index contributed by atoms with van der Waals surface area (Å²) in [5.74, 6) is -1.12. The third-order valence-corrected chi connectivity index (χ3v) is 4.22. The number of aromatic carboxylic acids is 1. The van der Waals surface area contributed by atoms with Crippen LogP contribution in [-0.2, 0) is 12.4 Å². The van der Waals surface area contributed by atoms with Crippen LogP contribution in [0.15, 0.2) is 72.8 Å². The molecule has 0 spiro atoms. The first kappa shape index (κ1) is 25.0. The number of hydrogen-bond acceptors (Lipinski definition) is 3. The Morgan fingerprint density at radius 3 is 1.53 bits per heavy atom. The zero-order valence-corrected chi connectivity index (χ0v) is 16.0. The fourth-order valence-electron chi connectivity index (χ4n) is 2.60. The van der Waals surface area contributed by atoms with Gasteiger partial charge in [0.05, 0.1) is 16.7 Å². The highest BCUT2D eigenvalue weighted by molar-refractivity contribution is 6.58. The van der Waals surface area contributed by atoms with Gasteiger partial charge in [-0.15, -0.1) is 0 Å². The number of carboxylic acids is 1. The average Bonchev–Trinajstić information content (AvgIpc) is 2.73. The van der Waals surface area contributed by atoms with Crippen molar-refractivity contribution in [3.05, 3.63) is 89.5 Å². The summed E-state index contributed by atoms with van der Waals surface area (Å²) in [7, 11) is -1.73. The van der Waals surface area contributed by atoms with Gasteiger partial charge in [0.15, 0.2) is 0 Å². The lowest BCUT2D eigenvalue weighted by Gasteiger charge is -2.09. The minimum absolute atomic E-state index is 0.0352. The van der Waals surface area contributed by atoms with Gasteiger partial charge in [-0.3, -0.25) is 0 Å². The molecule has 0 saturated heterocycles. The second-order valence-electron chi connectivity index (χ2n) is 6.42. The Bertz CT molecular complexity index is 1050. The predicted molar refractivity (Wildman–Crippen MR) is 105 cm³/mol. The molecule has 0 aliphatic rings. The van der Waals surface area contributed by atoms with E-state index in [0.29, 0.717) is 11.1 Å². The van der Waals surface area contributed by atoms with Gasteiger partial charge in [0.1, 0.15) is 0 Å². The third kappa shape index (κ3) is 6.60. The molecule has 3 aromatic rings. The fourth-order valence-corrected chi connectivity index (χ4v) is 2.60. The summed E-state index contributed by atoms with van der Waals surface area (Å²) < 4.78 is 73.3. The summed E-state index contributed by atoms with van der Waals surface area (Å²) in [6, 6.07) is 14.2. The second kappa shape index (κ2) is 9.88. The van der Waals surface area contributed by atoms with E-state index in [4.69, 9.17) is 15.2 Å². The van der Waals surface area contributed by atoms with Gasteiger partial charge in [-0.25, -0.2) is 4.79 Å². The molecule has 11 heteroatoms. The smallest absolute Gasteiger partial charge is 0.478 e. The van der Waals surface area contributed by atoms with Crippen LogP contribution >= 0.6 is 0 Å². The highest BCUT2D eigenvalue weighted by Gasteiger charge is 2.31. The molecular weight excluding hydrogens is 441 g/mol. The van der Waals surface area contributed by atoms with Crippen molar-refractivity contribution >= 4 is 18.6 Å². The van der Waals surface area contributed by atoms with Crippen LogP contribution in [0, 0.1) is 0 Å². The molecule has 168 valence electrons. The van der Waals surface area contributed by atoms with Crippen molar-refractivity contribution in [2.24, 2.45) is 0 Å². The van der Waals surface area contributed by atoms with Crippen molar-refractivity contribution in [2.75, 3.05) is 0 Å². The molecule has 0 radical (unpaired) electrons. The highest BCUT2D eigenvalue weighted by Crippen LogP contribution is 2.32. The van der Waals surface area contributed by atoms with Gasteiger partial charge in [-0.2, -0.15) is 26.3 Å². The van der Waals surface area contributed by atoms with Gasteiger partial charge in [0, 0.05) is 0 Å². The van der Waals surface area contributed by atoms with E-state index in [-0.39, 0.29) is 11.0 Å². The van der Waals surface area contributed by atoms with Gasteiger partial charge in [-0.1, -0.05) is 54.6 Å². The fraction of sp³-hybridized carbons (Fsp3) is 0.0952. The largest absolute Gasteiger partial charge is 0.488 e. The quantitative estimate of drug-likeness (QED) is 0.402. The van der Waals surface area contributed by atoms with Crippen molar-refractivity contribution in [1.29, 1.82) is 0 Å². The first-order valence-corrected chi connectivity index (χ1v) is 8.84. The molecule has 0 saturated carbocycles. The van der Waals surface area contributed by atoms with Gasteiger partial charge in [-0.05, 0) is 34.8 Å². The molecule has 4 nitrogen and oxygen atoms in total. The Balaban J connectivity index is 0.000000244. The standard InChI is InChI=1S/C14H9F3O2.C7H6BF3O2/c15-14(16,17)10-7-5-9(6-8-10)11-3-1-2-4-12(11)13(18)19;9-7(10,11)5-1-3-6(4-2-5)8(12)13/h1-8H,(H,18,19);1-4,12-13H. The number of rotatable bonds is 3. The van der Waals surface area contributed by atoms with E-state index in [2.05, 4.69) is 0 Å². The van der Waals surface area contributed by atoms with E-state index in [1.807, 2.05) is 0 Å². The van der Waals surface area contributed by atoms with Crippen LogP contribution in [0.5, 0.6) is 0 Å². The molecule has 0 aliphatic heterocycles. The van der Waals surface area contributed by atoms with Gasteiger partial charge in [0.2, 0.25) is 0 Å². The zero-order valence-electron chi connectivity index (χ0n) is 16.0. The maximum Gasteiger partial charge on any atom is 0.488 e.